The van der Waals surface area contributed by atoms with Crippen molar-refractivity contribution in [1.29, 1.82) is 0 Å². The smallest absolute Gasteiger partial charge is 0.307 e. The fourth-order valence-electron chi connectivity index (χ4n) is 2.34. The van der Waals surface area contributed by atoms with Gasteiger partial charge in [-0.25, -0.2) is 4.98 Å². The van der Waals surface area contributed by atoms with Crippen molar-refractivity contribution in [2.45, 2.75) is 45.6 Å². The van der Waals surface area contributed by atoms with Crippen LogP contribution in [0.2, 0.25) is 0 Å². The molecule has 2 rings (SSSR count). The molecular weight excluding hydrogens is 276 g/mol. The van der Waals surface area contributed by atoms with Crippen LogP contribution in [-0.2, 0) is 16.1 Å². The normalized spacial score (nSPS) is 10.6. The standard InChI is InChI=1S/C18H24N2O2/c1-2-3-4-8-15-22-17(21)11-13-20-14-12-19-18(20)16-9-6-5-7-10-16/h5-7,9-10,12,14H,2-4,8,11,13,15H2,1H3. The minimum Gasteiger partial charge on any atom is -0.466 e. The van der Waals surface area contributed by atoms with Gasteiger partial charge in [0.15, 0.2) is 0 Å². The number of carbonyl (C=O) groups is 1. The third-order valence-electron chi connectivity index (χ3n) is 3.57. The maximum atomic E-state index is 11.8. The number of rotatable bonds is 9. The van der Waals surface area contributed by atoms with E-state index in [4.69, 9.17) is 4.74 Å². The van der Waals surface area contributed by atoms with E-state index in [2.05, 4.69) is 11.9 Å². The van der Waals surface area contributed by atoms with E-state index in [9.17, 15) is 4.79 Å². The molecule has 0 saturated carbocycles. The molecule has 4 nitrogen and oxygen atoms in total. The van der Waals surface area contributed by atoms with Crippen molar-refractivity contribution in [1.82, 2.24) is 9.55 Å². The lowest BCUT2D eigenvalue weighted by Gasteiger charge is -2.08. The number of unbranched alkanes of at least 4 members (excludes halogenated alkanes) is 3. The van der Waals surface area contributed by atoms with Crippen LogP contribution in [-0.4, -0.2) is 22.1 Å². The summed E-state index contributed by atoms with van der Waals surface area (Å²) >= 11 is 0. The molecule has 0 atom stereocenters. The number of esters is 1. The van der Waals surface area contributed by atoms with Gasteiger partial charge in [0.2, 0.25) is 0 Å². The molecule has 22 heavy (non-hydrogen) atoms. The lowest BCUT2D eigenvalue weighted by Crippen LogP contribution is -2.10. The first-order valence-electron chi connectivity index (χ1n) is 8.03. The van der Waals surface area contributed by atoms with E-state index in [0.717, 1.165) is 24.2 Å². The SMILES string of the molecule is CCCCCCOC(=O)CCn1ccnc1-c1ccccc1. The molecule has 1 aromatic heterocycles. The number of hydrogen-bond acceptors (Lipinski definition) is 3. The molecule has 0 aliphatic heterocycles. The predicted molar refractivity (Wildman–Crippen MR) is 87.4 cm³/mol. The van der Waals surface area contributed by atoms with Gasteiger partial charge < -0.3 is 9.30 Å². The number of hydrogen-bond donors (Lipinski definition) is 0. The number of ether oxygens (including phenoxy) is 1. The second-order valence-electron chi connectivity index (χ2n) is 5.34. The summed E-state index contributed by atoms with van der Waals surface area (Å²) in [5.41, 5.74) is 1.06. The van der Waals surface area contributed by atoms with E-state index >= 15 is 0 Å². The highest BCUT2D eigenvalue weighted by molar-refractivity contribution is 5.69. The third kappa shape index (κ3) is 5.02. The maximum Gasteiger partial charge on any atom is 0.307 e. The Balaban J connectivity index is 1.78. The van der Waals surface area contributed by atoms with Crippen LogP contribution >= 0.6 is 0 Å². The molecule has 0 unspecified atom stereocenters. The van der Waals surface area contributed by atoms with Gasteiger partial charge >= 0.3 is 5.97 Å². The summed E-state index contributed by atoms with van der Waals surface area (Å²) < 4.78 is 7.25. The van der Waals surface area contributed by atoms with Gasteiger partial charge in [0.25, 0.3) is 0 Å². The Labute approximate surface area is 132 Å². The molecule has 1 heterocycles. The summed E-state index contributed by atoms with van der Waals surface area (Å²) in [5.74, 6) is 0.751. The monoisotopic (exact) mass is 300 g/mol. The zero-order chi connectivity index (χ0) is 15.6. The number of benzene rings is 1. The number of nitrogens with zero attached hydrogens (tertiary/aromatic N) is 2. The lowest BCUT2D eigenvalue weighted by atomic mass is 10.2. The van der Waals surface area contributed by atoms with Crippen molar-refractivity contribution in [2.75, 3.05) is 6.61 Å². The van der Waals surface area contributed by atoms with Crippen LogP contribution in [0.5, 0.6) is 0 Å². The molecular formula is C18H24N2O2. The molecule has 118 valence electrons. The van der Waals surface area contributed by atoms with Crippen LogP contribution in [0.3, 0.4) is 0 Å². The zero-order valence-electron chi connectivity index (χ0n) is 13.2. The second-order valence-corrected chi connectivity index (χ2v) is 5.34. The highest BCUT2D eigenvalue weighted by Crippen LogP contribution is 2.17. The summed E-state index contributed by atoms with van der Waals surface area (Å²) in [7, 11) is 0. The van der Waals surface area contributed by atoms with Crippen molar-refractivity contribution >= 4 is 5.97 Å². The summed E-state index contributed by atoms with van der Waals surface area (Å²) in [5, 5.41) is 0. The Hall–Kier alpha value is -2.10. The molecule has 0 saturated heterocycles. The first kappa shape index (κ1) is 16.3. The number of aromatic nitrogens is 2. The summed E-state index contributed by atoms with van der Waals surface area (Å²) in [6.45, 7) is 3.30. The van der Waals surface area contributed by atoms with Crippen molar-refractivity contribution in [3.05, 3.63) is 42.7 Å². The van der Waals surface area contributed by atoms with Gasteiger partial charge in [-0.1, -0.05) is 56.5 Å². The first-order chi connectivity index (χ1) is 10.8. The number of imidazole rings is 1. The van der Waals surface area contributed by atoms with Crippen molar-refractivity contribution < 1.29 is 9.53 Å². The fourth-order valence-corrected chi connectivity index (χ4v) is 2.34. The van der Waals surface area contributed by atoms with Crippen molar-refractivity contribution in [2.24, 2.45) is 0 Å². The van der Waals surface area contributed by atoms with Crippen LogP contribution in [0.15, 0.2) is 42.7 Å². The van der Waals surface area contributed by atoms with E-state index < -0.39 is 0 Å². The minimum atomic E-state index is -0.135. The maximum absolute atomic E-state index is 11.8. The Bertz CT molecular complexity index is 563. The molecule has 0 fully saturated rings. The Kier molecular flexibility index (Phi) is 6.68. The van der Waals surface area contributed by atoms with Gasteiger partial charge in [-0.05, 0) is 6.42 Å². The largest absolute Gasteiger partial charge is 0.466 e. The van der Waals surface area contributed by atoms with Gasteiger partial charge in [0.05, 0.1) is 13.0 Å². The molecule has 4 heteroatoms. The number of carbonyl (C=O) groups excluding carboxylic acids is 1. The highest BCUT2D eigenvalue weighted by atomic mass is 16.5. The summed E-state index contributed by atoms with van der Waals surface area (Å²) in [6.07, 6.45) is 8.52. The first-order valence-corrected chi connectivity index (χ1v) is 8.03. The van der Waals surface area contributed by atoms with E-state index in [1.807, 2.05) is 41.1 Å². The third-order valence-corrected chi connectivity index (χ3v) is 3.57. The Morgan fingerprint density at radius 1 is 1.18 bits per heavy atom. The Morgan fingerprint density at radius 2 is 2.00 bits per heavy atom. The molecule has 0 spiro atoms. The lowest BCUT2D eigenvalue weighted by molar-refractivity contribution is -0.144. The minimum absolute atomic E-state index is 0.135. The molecule has 0 bridgehead atoms. The molecule has 0 radical (unpaired) electrons. The van der Waals surface area contributed by atoms with Gasteiger partial charge in [-0.15, -0.1) is 0 Å². The molecule has 0 aliphatic carbocycles. The van der Waals surface area contributed by atoms with Crippen LogP contribution in [0.1, 0.15) is 39.0 Å². The molecule has 1 aromatic carbocycles. The topological polar surface area (TPSA) is 44.1 Å². The van der Waals surface area contributed by atoms with Gasteiger partial charge in [-0.3, -0.25) is 4.79 Å². The molecule has 0 amide bonds. The van der Waals surface area contributed by atoms with Crippen LogP contribution in [0.4, 0.5) is 0 Å². The quantitative estimate of drug-likeness (QED) is 0.518. The predicted octanol–water partition coefficient (Wildman–Crippen LogP) is 4.06. The van der Waals surface area contributed by atoms with E-state index in [-0.39, 0.29) is 5.97 Å². The van der Waals surface area contributed by atoms with Crippen molar-refractivity contribution in [3.63, 3.8) is 0 Å². The average molecular weight is 300 g/mol. The number of aryl methyl sites for hydroxylation is 1. The van der Waals surface area contributed by atoms with Crippen LogP contribution < -0.4 is 0 Å². The van der Waals surface area contributed by atoms with Gasteiger partial charge in [-0.2, -0.15) is 0 Å². The van der Waals surface area contributed by atoms with E-state index in [0.29, 0.717) is 19.6 Å². The summed E-state index contributed by atoms with van der Waals surface area (Å²) in [6, 6.07) is 9.99. The van der Waals surface area contributed by atoms with E-state index in [1.54, 1.807) is 6.20 Å². The average Bonchev–Trinajstić information content (AvgIpc) is 3.02. The summed E-state index contributed by atoms with van der Waals surface area (Å²) in [4.78, 5) is 16.1. The van der Waals surface area contributed by atoms with Gasteiger partial charge in [0, 0.05) is 24.5 Å². The molecule has 0 N–H and O–H groups in total. The van der Waals surface area contributed by atoms with Crippen LogP contribution in [0, 0.1) is 0 Å². The fraction of sp³-hybridized carbons (Fsp3) is 0.444. The molecule has 2 aromatic rings. The second kappa shape index (κ2) is 9.03. The van der Waals surface area contributed by atoms with Gasteiger partial charge in [0.1, 0.15) is 5.82 Å². The highest BCUT2D eigenvalue weighted by Gasteiger charge is 2.08. The zero-order valence-corrected chi connectivity index (χ0v) is 13.2. The molecule has 0 aliphatic rings. The van der Waals surface area contributed by atoms with Crippen molar-refractivity contribution in [3.8, 4) is 11.4 Å². The van der Waals surface area contributed by atoms with Crippen LogP contribution in [0.25, 0.3) is 11.4 Å². The Morgan fingerprint density at radius 3 is 2.77 bits per heavy atom. The van der Waals surface area contributed by atoms with E-state index in [1.165, 1.54) is 12.8 Å².